The molecule has 0 amide bonds. The minimum Gasteiger partial charge on any atom is -0.495 e. The van der Waals surface area contributed by atoms with Crippen LogP contribution in [0.4, 0.5) is 11.4 Å². The quantitative estimate of drug-likeness (QED) is 0.0864. The number of hydrogen-bond acceptors (Lipinski definition) is 7. The van der Waals surface area contributed by atoms with Gasteiger partial charge in [-0.3, -0.25) is 4.79 Å². The number of hydrogen-bond donors (Lipinski definition) is 4. The molecule has 0 aliphatic heterocycles. The van der Waals surface area contributed by atoms with Gasteiger partial charge in [0, 0.05) is 59.0 Å². The van der Waals surface area contributed by atoms with Gasteiger partial charge in [-0.15, -0.1) is 0 Å². The van der Waals surface area contributed by atoms with Crippen LogP contribution in [0.25, 0.3) is 33.1 Å². The molecule has 10 aromatic rings. The predicted octanol–water partition coefficient (Wildman–Crippen LogP) is 10.1. The highest BCUT2D eigenvalue weighted by atomic mass is 16.5. The van der Waals surface area contributed by atoms with Gasteiger partial charge in [0.1, 0.15) is 22.8 Å². The largest absolute Gasteiger partial charge is 0.495 e. The lowest BCUT2D eigenvalue weighted by Gasteiger charge is -2.34. The summed E-state index contributed by atoms with van der Waals surface area (Å²) in [5.41, 5.74) is 7.86. The van der Waals surface area contributed by atoms with Crippen molar-refractivity contribution in [3.63, 3.8) is 0 Å². The molecule has 11 nitrogen and oxygen atoms in total. The molecule has 4 N–H and O–H groups in total. The van der Waals surface area contributed by atoms with Gasteiger partial charge >= 0.3 is 0 Å². The lowest BCUT2D eigenvalue weighted by atomic mass is 9.75. The van der Waals surface area contributed by atoms with Crippen molar-refractivity contribution in [3.8, 4) is 11.5 Å². The molecule has 0 spiro atoms. The lowest BCUT2D eigenvalue weighted by molar-refractivity contribution is -0.122. The number of para-hydroxylation sites is 6. The van der Waals surface area contributed by atoms with Gasteiger partial charge in [0.05, 0.1) is 60.9 Å². The molecule has 11 heteroatoms. The first-order valence-corrected chi connectivity index (χ1v) is 19.9. The van der Waals surface area contributed by atoms with E-state index in [1.165, 1.54) is 0 Å². The number of benzene rings is 4. The molecule has 4 unspecified atom stereocenters. The zero-order valence-corrected chi connectivity index (χ0v) is 33.0. The number of pyridine rings is 2. The van der Waals surface area contributed by atoms with Crippen LogP contribution in [0.2, 0.25) is 0 Å². The molecular weight excluding hydrogens is 749 g/mol. The van der Waals surface area contributed by atoms with E-state index in [9.17, 15) is 0 Å². The van der Waals surface area contributed by atoms with Crippen LogP contribution in [0.1, 0.15) is 46.4 Å². The number of aromatic nitrogens is 6. The number of ketones is 1. The van der Waals surface area contributed by atoms with E-state index >= 15 is 4.79 Å². The summed E-state index contributed by atoms with van der Waals surface area (Å²) in [6.45, 7) is 0. The van der Waals surface area contributed by atoms with Crippen molar-refractivity contribution in [3.05, 3.63) is 193 Å². The fraction of sp³-hybridized carbons (Fsp3) is 0.122. The molecule has 0 saturated carbocycles. The number of nitrogens with zero attached hydrogens (tertiary/aromatic N) is 4. The first kappa shape index (κ1) is 36.5. The maximum absolute atomic E-state index is 16.8. The Morgan fingerprint density at radius 1 is 0.550 bits per heavy atom. The number of Topliss-reactive ketones (excluding diaryl/α,β-unsaturated/α-hetero) is 1. The van der Waals surface area contributed by atoms with Crippen LogP contribution in [-0.4, -0.2) is 48.7 Å². The van der Waals surface area contributed by atoms with Gasteiger partial charge in [-0.2, -0.15) is 0 Å². The topological polar surface area (TPSA) is 126 Å². The highest BCUT2D eigenvalue weighted by Crippen LogP contribution is 2.47. The van der Waals surface area contributed by atoms with E-state index in [1.54, 1.807) is 14.2 Å². The van der Waals surface area contributed by atoms with Gasteiger partial charge in [0.25, 0.3) is 0 Å². The molecule has 10 rings (SSSR count). The van der Waals surface area contributed by atoms with E-state index < -0.39 is 23.9 Å². The fourth-order valence-electron chi connectivity index (χ4n) is 8.62. The minimum absolute atomic E-state index is 0.0570. The molecule has 0 bridgehead atoms. The highest BCUT2D eigenvalue weighted by molar-refractivity contribution is 6.01. The second-order valence-electron chi connectivity index (χ2n) is 14.8. The molecular formula is C49H42N8O3. The maximum Gasteiger partial charge on any atom is 0.152 e. The molecule has 4 aromatic carbocycles. The average Bonchev–Trinajstić information content (AvgIpc) is 4.11. The molecule has 60 heavy (non-hydrogen) atoms. The summed E-state index contributed by atoms with van der Waals surface area (Å²) < 4.78 is 15.8. The number of ether oxygens (including phenoxy) is 2. The van der Waals surface area contributed by atoms with Crippen LogP contribution in [0.15, 0.2) is 171 Å². The molecule has 0 radical (unpaired) electrons. The van der Waals surface area contributed by atoms with Gasteiger partial charge in [0.2, 0.25) is 0 Å². The molecule has 0 aliphatic carbocycles. The van der Waals surface area contributed by atoms with Gasteiger partial charge < -0.3 is 38.9 Å². The molecule has 6 aromatic heterocycles. The molecule has 6 heterocycles. The van der Waals surface area contributed by atoms with E-state index in [1.807, 2.05) is 167 Å². The van der Waals surface area contributed by atoms with E-state index in [4.69, 9.17) is 19.4 Å². The van der Waals surface area contributed by atoms with Crippen molar-refractivity contribution in [2.45, 2.75) is 23.9 Å². The molecule has 0 saturated heterocycles. The third-order valence-corrected chi connectivity index (χ3v) is 11.4. The number of fused-ring (bicyclic) bond motifs is 4. The summed E-state index contributed by atoms with van der Waals surface area (Å²) >= 11 is 0. The van der Waals surface area contributed by atoms with E-state index in [2.05, 4.69) is 32.7 Å². The van der Waals surface area contributed by atoms with Crippen molar-refractivity contribution in [2.75, 3.05) is 24.9 Å². The third-order valence-electron chi connectivity index (χ3n) is 11.4. The highest BCUT2D eigenvalue weighted by Gasteiger charge is 2.44. The van der Waals surface area contributed by atoms with Gasteiger partial charge in [0.15, 0.2) is 5.78 Å². The van der Waals surface area contributed by atoms with Crippen LogP contribution in [-0.2, 0) is 4.79 Å². The summed E-state index contributed by atoms with van der Waals surface area (Å²) in [5.74, 6) is -0.421. The zero-order valence-electron chi connectivity index (χ0n) is 33.0. The molecule has 296 valence electrons. The number of methoxy groups -OCH3 is 2. The Balaban J connectivity index is 1.25. The summed E-state index contributed by atoms with van der Waals surface area (Å²) in [5, 5.41) is 9.50. The Kier molecular flexibility index (Phi) is 9.45. The Morgan fingerprint density at radius 2 is 0.967 bits per heavy atom. The van der Waals surface area contributed by atoms with Crippen LogP contribution >= 0.6 is 0 Å². The minimum atomic E-state index is -0.825. The number of rotatable bonds is 14. The smallest absolute Gasteiger partial charge is 0.152 e. The summed E-state index contributed by atoms with van der Waals surface area (Å²) in [6.07, 6.45) is 11.9. The normalized spacial score (nSPS) is 13.6. The third kappa shape index (κ3) is 6.55. The van der Waals surface area contributed by atoms with Crippen LogP contribution < -0.4 is 20.1 Å². The fourth-order valence-corrected chi connectivity index (χ4v) is 8.62. The molecule has 0 aliphatic rings. The summed E-state index contributed by atoms with van der Waals surface area (Å²) in [6, 6.07) is 42.2. The lowest BCUT2D eigenvalue weighted by Crippen LogP contribution is -2.35. The van der Waals surface area contributed by atoms with Crippen molar-refractivity contribution >= 4 is 50.3 Å². The summed E-state index contributed by atoms with van der Waals surface area (Å²) in [7, 11) is 3.30. The van der Waals surface area contributed by atoms with Crippen LogP contribution in [0.5, 0.6) is 11.5 Å². The number of anilines is 2. The summed E-state index contributed by atoms with van der Waals surface area (Å²) in [4.78, 5) is 34.2. The SMILES string of the molecule is COc1ccccc1NC(c1cn2ccccc2n1)C(C(=O)C(c1c[nH]c2ccccc12)C(Nc1ccccc1OC)c1cn2ccccc2n1)c1c[nH]c2ccccc12. The monoisotopic (exact) mass is 790 g/mol. The molecule has 4 atom stereocenters. The van der Waals surface area contributed by atoms with E-state index in [0.717, 1.165) is 55.6 Å². The average molecular weight is 791 g/mol. The van der Waals surface area contributed by atoms with Crippen molar-refractivity contribution in [1.82, 2.24) is 28.7 Å². The number of carbonyl (C=O) groups is 1. The second kappa shape index (κ2) is 15.5. The van der Waals surface area contributed by atoms with Crippen molar-refractivity contribution < 1.29 is 14.3 Å². The standard InChI is InChI=1S/C49H42N8O3/c1-59-41-21-9-7-19-37(41)54-47(39-29-56-25-13-11-23-43(56)52-39)45(33-27-50-35-17-5-3-15-31(33)35)49(58)46(34-28-51-36-18-6-4-16-32(34)36)48(55-38-20-8-10-22-42(38)60-2)40-30-57-26-14-12-24-44(57)53-40/h3-30,45-48,50-51,54-55H,1-2H3. The Morgan fingerprint density at radius 3 is 1.42 bits per heavy atom. The second-order valence-corrected chi connectivity index (χ2v) is 14.8. The van der Waals surface area contributed by atoms with Gasteiger partial charge in [-0.05, 0) is 71.8 Å². The van der Waals surface area contributed by atoms with Crippen molar-refractivity contribution in [2.24, 2.45) is 0 Å². The number of carbonyl (C=O) groups excluding carboxylic acids is 1. The Hall–Kier alpha value is -7.79. The van der Waals surface area contributed by atoms with Crippen LogP contribution in [0.3, 0.4) is 0 Å². The number of nitrogens with one attached hydrogen (secondary N) is 4. The number of aromatic amines is 2. The van der Waals surface area contributed by atoms with Gasteiger partial charge in [-0.1, -0.05) is 72.8 Å². The van der Waals surface area contributed by atoms with E-state index in [-0.39, 0.29) is 5.78 Å². The Bertz CT molecular complexity index is 2850. The molecule has 0 fully saturated rings. The first-order chi connectivity index (χ1) is 29.6. The number of H-pyrrole nitrogens is 2. The zero-order chi connectivity index (χ0) is 40.6. The first-order valence-electron chi connectivity index (χ1n) is 19.9. The number of imidazole rings is 2. The maximum atomic E-state index is 16.8. The van der Waals surface area contributed by atoms with Crippen LogP contribution in [0, 0.1) is 0 Å². The van der Waals surface area contributed by atoms with E-state index in [0.29, 0.717) is 22.9 Å². The predicted molar refractivity (Wildman–Crippen MR) is 236 cm³/mol. The van der Waals surface area contributed by atoms with Crippen molar-refractivity contribution in [1.29, 1.82) is 0 Å². The van der Waals surface area contributed by atoms with Gasteiger partial charge in [-0.25, -0.2) is 9.97 Å². The Labute approximate surface area is 345 Å².